The fourth-order valence-electron chi connectivity index (χ4n) is 2.88. The topological polar surface area (TPSA) is 48.2 Å². The second-order valence-electron chi connectivity index (χ2n) is 5.87. The molecule has 0 amide bonds. The molecule has 1 heterocycles. The molecule has 0 saturated carbocycles. The summed E-state index contributed by atoms with van der Waals surface area (Å²) in [6.45, 7) is 0.252. The lowest BCUT2D eigenvalue weighted by Crippen LogP contribution is -2.29. The van der Waals surface area contributed by atoms with Crippen LogP contribution in [0.15, 0.2) is 88.8 Å². The zero-order valence-electron chi connectivity index (χ0n) is 13.9. The lowest BCUT2D eigenvalue weighted by atomic mass is 10.0. The molecule has 128 valence electrons. The molecule has 4 rings (SSSR count). The van der Waals surface area contributed by atoms with Crippen molar-refractivity contribution < 1.29 is 5.21 Å². The van der Waals surface area contributed by atoms with Crippen LogP contribution in [-0.2, 0) is 0 Å². The van der Waals surface area contributed by atoms with Crippen molar-refractivity contribution in [3.05, 3.63) is 95.0 Å². The van der Waals surface area contributed by atoms with Crippen molar-refractivity contribution in [3.8, 4) is 0 Å². The lowest BCUT2D eigenvalue weighted by molar-refractivity contribution is 0.311. The predicted molar refractivity (Wildman–Crippen MR) is 106 cm³/mol. The monoisotopic (exact) mass is 361 g/mol. The standard InChI is InChI=1S/C21H16ClN3O/c22-16-11-12-19-18(13-16)21(15-7-3-1-4-8-15)23-14-20(24-19)25(26)17-9-5-2-6-10-17/h1-13,26H,14H2. The van der Waals surface area contributed by atoms with Gasteiger partial charge in [0.25, 0.3) is 0 Å². The molecule has 0 spiro atoms. The normalized spacial score (nSPS) is 13.3. The van der Waals surface area contributed by atoms with Crippen molar-refractivity contribution in [1.29, 1.82) is 0 Å². The van der Waals surface area contributed by atoms with Crippen LogP contribution in [0, 0.1) is 0 Å². The number of hydrogen-bond acceptors (Lipinski definition) is 4. The Labute approximate surface area is 156 Å². The highest BCUT2D eigenvalue weighted by Gasteiger charge is 2.19. The second-order valence-corrected chi connectivity index (χ2v) is 6.30. The molecular weight excluding hydrogens is 346 g/mol. The molecule has 0 radical (unpaired) electrons. The molecule has 0 saturated heterocycles. The molecule has 0 unspecified atom stereocenters. The molecule has 5 heteroatoms. The molecule has 3 aromatic rings. The predicted octanol–water partition coefficient (Wildman–Crippen LogP) is 5.12. The maximum absolute atomic E-state index is 10.6. The maximum Gasteiger partial charge on any atom is 0.156 e. The number of amidine groups is 1. The Bertz CT molecular complexity index is 985. The summed E-state index contributed by atoms with van der Waals surface area (Å²) in [5, 5.41) is 12.3. The van der Waals surface area contributed by atoms with Crippen molar-refractivity contribution >= 4 is 34.5 Å². The van der Waals surface area contributed by atoms with Gasteiger partial charge in [0.1, 0.15) is 6.54 Å². The first kappa shape index (κ1) is 16.5. The van der Waals surface area contributed by atoms with Crippen LogP contribution in [0.3, 0.4) is 0 Å². The number of halogens is 1. The Morgan fingerprint density at radius 1 is 0.885 bits per heavy atom. The molecule has 4 nitrogen and oxygen atoms in total. The third-order valence-electron chi connectivity index (χ3n) is 4.13. The quantitative estimate of drug-likeness (QED) is 0.644. The molecule has 26 heavy (non-hydrogen) atoms. The third-order valence-corrected chi connectivity index (χ3v) is 4.37. The highest BCUT2D eigenvalue weighted by molar-refractivity contribution is 6.31. The zero-order chi connectivity index (χ0) is 17.9. The molecule has 0 fully saturated rings. The van der Waals surface area contributed by atoms with Gasteiger partial charge in [-0.3, -0.25) is 10.2 Å². The molecule has 1 aliphatic rings. The summed E-state index contributed by atoms with van der Waals surface area (Å²) in [6, 6.07) is 24.7. The molecule has 0 aromatic heterocycles. The smallest absolute Gasteiger partial charge is 0.156 e. The fraction of sp³-hybridized carbons (Fsp3) is 0.0476. The Morgan fingerprint density at radius 3 is 2.31 bits per heavy atom. The van der Waals surface area contributed by atoms with Gasteiger partial charge in [-0.25, -0.2) is 10.1 Å². The third kappa shape index (κ3) is 3.25. The SMILES string of the molecule is ON(C1=Nc2ccc(Cl)cc2C(c2ccccc2)=NC1)c1ccccc1. The number of para-hydroxylation sites is 1. The average molecular weight is 362 g/mol. The van der Waals surface area contributed by atoms with Crippen LogP contribution >= 0.6 is 11.6 Å². The molecule has 3 aromatic carbocycles. The maximum atomic E-state index is 10.6. The summed E-state index contributed by atoms with van der Waals surface area (Å²) < 4.78 is 0. The van der Waals surface area contributed by atoms with Crippen molar-refractivity contribution in [2.75, 3.05) is 11.6 Å². The van der Waals surface area contributed by atoms with Gasteiger partial charge in [0.15, 0.2) is 5.84 Å². The highest BCUT2D eigenvalue weighted by atomic mass is 35.5. The van der Waals surface area contributed by atoms with Crippen molar-refractivity contribution in [3.63, 3.8) is 0 Å². The van der Waals surface area contributed by atoms with Gasteiger partial charge >= 0.3 is 0 Å². The van der Waals surface area contributed by atoms with E-state index in [-0.39, 0.29) is 6.54 Å². The first-order valence-corrected chi connectivity index (χ1v) is 8.61. The molecule has 0 aliphatic carbocycles. The molecule has 1 aliphatic heterocycles. The summed E-state index contributed by atoms with van der Waals surface area (Å²) in [5.41, 5.74) is 4.00. The van der Waals surface area contributed by atoms with Gasteiger partial charge < -0.3 is 0 Å². The summed E-state index contributed by atoms with van der Waals surface area (Å²) >= 11 is 6.21. The first-order chi connectivity index (χ1) is 12.7. The molecular formula is C21H16ClN3O. The van der Waals surface area contributed by atoms with E-state index in [9.17, 15) is 5.21 Å². The average Bonchev–Trinajstić information content (AvgIpc) is 2.88. The van der Waals surface area contributed by atoms with E-state index < -0.39 is 0 Å². The van der Waals surface area contributed by atoms with E-state index in [1.54, 1.807) is 6.07 Å². The van der Waals surface area contributed by atoms with E-state index >= 15 is 0 Å². The van der Waals surface area contributed by atoms with E-state index in [4.69, 9.17) is 16.6 Å². The minimum Gasteiger partial charge on any atom is -0.282 e. The Kier molecular flexibility index (Phi) is 4.52. The van der Waals surface area contributed by atoms with Gasteiger partial charge in [0.2, 0.25) is 0 Å². The Hall–Kier alpha value is -2.95. The van der Waals surface area contributed by atoms with E-state index in [0.29, 0.717) is 16.5 Å². The zero-order valence-corrected chi connectivity index (χ0v) is 14.6. The van der Waals surface area contributed by atoms with Gasteiger partial charge in [0, 0.05) is 16.1 Å². The summed E-state index contributed by atoms with van der Waals surface area (Å²) in [7, 11) is 0. The van der Waals surface area contributed by atoms with Crippen LogP contribution in [0.5, 0.6) is 0 Å². The van der Waals surface area contributed by atoms with E-state index in [1.165, 1.54) is 0 Å². The lowest BCUT2D eigenvalue weighted by Gasteiger charge is -2.17. The number of rotatable bonds is 2. The van der Waals surface area contributed by atoms with Crippen LogP contribution in [0.4, 0.5) is 11.4 Å². The van der Waals surface area contributed by atoms with Crippen LogP contribution in [-0.4, -0.2) is 23.3 Å². The van der Waals surface area contributed by atoms with Gasteiger partial charge in [-0.05, 0) is 30.3 Å². The van der Waals surface area contributed by atoms with E-state index in [2.05, 4.69) is 4.99 Å². The number of fused-ring (bicyclic) bond motifs is 1. The summed E-state index contributed by atoms with van der Waals surface area (Å²) in [6.07, 6.45) is 0. The number of hydroxylamine groups is 1. The van der Waals surface area contributed by atoms with Crippen LogP contribution in [0.2, 0.25) is 5.02 Å². The first-order valence-electron chi connectivity index (χ1n) is 8.24. The number of hydrogen-bond donors (Lipinski definition) is 1. The number of aliphatic imine (C=N–C) groups is 2. The van der Waals surface area contributed by atoms with Crippen LogP contribution in [0.1, 0.15) is 11.1 Å². The van der Waals surface area contributed by atoms with E-state index in [0.717, 1.165) is 27.6 Å². The number of anilines is 1. The highest BCUT2D eigenvalue weighted by Crippen LogP contribution is 2.29. The minimum absolute atomic E-state index is 0.252. The van der Waals surface area contributed by atoms with Crippen LogP contribution < -0.4 is 5.06 Å². The van der Waals surface area contributed by atoms with Gasteiger partial charge in [0.05, 0.1) is 17.1 Å². The van der Waals surface area contributed by atoms with E-state index in [1.807, 2.05) is 72.8 Å². The van der Waals surface area contributed by atoms with Crippen molar-refractivity contribution in [1.82, 2.24) is 0 Å². The van der Waals surface area contributed by atoms with Crippen molar-refractivity contribution in [2.45, 2.75) is 0 Å². The molecule has 0 bridgehead atoms. The van der Waals surface area contributed by atoms with Gasteiger partial charge in [-0.2, -0.15) is 0 Å². The minimum atomic E-state index is 0.252. The van der Waals surface area contributed by atoms with Crippen molar-refractivity contribution in [2.24, 2.45) is 9.98 Å². The molecule has 1 N–H and O–H groups in total. The number of nitrogens with zero attached hydrogens (tertiary/aromatic N) is 3. The molecule has 0 atom stereocenters. The fourth-order valence-corrected chi connectivity index (χ4v) is 3.05. The summed E-state index contributed by atoms with van der Waals surface area (Å²) in [4.78, 5) is 9.38. The Balaban J connectivity index is 1.82. The summed E-state index contributed by atoms with van der Waals surface area (Å²) in [5.74, 6) is 0.450. The largest absolute Gasteiger partial charge is 0.282 e. The Morgan fingerprint density at radius 2 is 1.58 bits per heavy atom. The van der Waals surface area contributed by atoms with Gasteiger partial charge in [-0.1, -0.05) is 60.1 Å². The van der Waals surface area contributed by atoms with Gasteiger partial charge in [-0.15, -0.1) is 0 Å². The second kappa shape index (κ2) is 7.12. The number of benzene rings is 3. The van der Waals surface area contributed by atoms with Crippen LogP contribution in [0.25, 0.3) is 0 Å².